The Hall–Kier alpha value is -1.33. The monoisotopic (exact) mass is 335 g/mol. The zero-order valence-electron chi connectivity index (χ0n) is 11.3. The van der Waals surface area contributed by atoms with E-state index in [0.29, 0.717) is 6.04 Å². The molecule has 20 heavy (non-hydrogen) atoms. The van der Waals surface area contributed by atoms with Crippen LogP contribution >= 0.6 is 15.9 Å². The van der Waals surface area contributed by atoms with Gasteiger partial charge < -0.3 is 14.6 Å². The second kappa shape index (κ2) is 6.41. The molecule has 0 radical (unpaired) electrons. The summed E-state index contributed by atoms with van der Waals surface area (Å²) in [6.45, 7) is 2.66. The van der Waals surface area contributed by atoms with E-state index in [1.807, 2.05) is 18.7 Å². The van der Waals surface area contributed by atoms with Crippen molar-refractivity contribution < 1.29 is 4.74 Å². The molecule has 0 amide bonds. The van der Waals surface area contributed by atoms with Crippen molar-refractivity contribution in [3.8, 4) is 5.75 Å². The molecule has 1 aliphatic rings. The van der Waals surface area contributed by atoms with Crippen LogP contribution in [0.15, 0.2) is 41.4 Å². The highest BCUT2D eigenvalue weighted by Gasteiger charge is 2.19. The van der Waals surface area contributed by atoms with Gasteiger partial charge in [0.2, 0.25) is 0 Å². The maximum absolute atomic E-state index is 5.83. The first-order valence-electron chi connectivity index (χ1n) is 6.94. The van der Waals surface area contributed by atoms with Gasteiger partial charge in [0, 0.05) is 41.6 Å². The molecule has 1 aromatic carbocycles. The van der Waals surface area contributed by atoms with Gasteiger partial charge in [-0.15, -0.1) is 0 Å². The molecule has 0 bridgehead atoms. The highest BCUT2D eigenvalue weighted by molar-refractivity contribution is 9.10. The van der Waals surface area contributed by atoms with E-state index in [2.05, 4.69) is 49.0 Å². The van der Waals surface area contributed by atoms with Gasteiger partial charge in [-0.1, -0.05) is 22.0 Å². The van der Waals surface area contributed by atoms with Crippen LogP contribution in [-0.4, -0.2) is 22.7 Å². The topological polar surface area (TPSA) is 39.1 Å². The second-order valence-electron chi connectivity index (χ2n) is 4.98. The van der Waals surface area contributed by atoms with E-state index < -0.39 is 0 Å². The van der Waals surface area contributed by atoms with Crippen LogP contribution in [0.3, 0.4) is 0 Å². The molecular formula is C15H18BrN3O. The number of fused-ring (bicyclic) bond motifs is 1. The molecule has 1 atom stereocenters. The Morgan fingerprint density at radius 1 is 1.45 bits per heavy atom. The molecule has 5 heteroatoms. The van der Waals surface area contributed by atoms with E-state index in [0.717, 1.165) is 42.8 Å². The van der Waals surface area contributed by atoms with Gasteiger partial charge in [-0.2, -0.15) is 0 Å². The summed E-state index contributed by atoms with van der Waals surface area (Å²) in [5.41, 5.74) is 1.26. The Balaban J connectivity index is 1.67. The van der Waals surface area contributed by atoms with Crippen LogP contribution in [0.4, 0.5) is 0 Å². The van der Waals surface area contributed by atoms with Crippen LogP contribution in [0, 0.1) is 0 Å². The van der Waals surface area contributed by atoms with E-state index in [9.17, 15) is 0 Å². The number of rotatable bonds is 4. The zero-order valence-corrected chi connectivity index (χ0v) is 12.8. The first kappa shape index (κ1) is 13.6. The Kier molecular flexibility index (Phi) is 4.38. The number of halogens is 1. The fourth-order valence-corrected chi connectivity index (χ4v) is 2.89. The molecule has 0 spiro atoms. The number of nitrogens with zero attached hydrogens (tertiary/aromatic N) is 2. The van der Waals surface area contributed by atoms with Crippen molar-refractivity contribution in [2.75, 3.05) is 13.2 Å². The van der Waals surface area contributed by atoms with Gasteiger partial charge in [0.1, 0.15) is 5.75 Å². The standard InChI is InChI=1S/C15H18BrN3O/c16-12-3-4-13-14(2-1-9-20-15(13)10-12)18-6-8-19-7-5-17-11-19/h3-5,7,10-11,14,18H,1-2,6,8-9H2. The zero-order chi connectivity index (χ0) is 13.8. The average Bonchev–Trinajstić information content (AvgIpc) is 2.87. The van der Waals surface area contributed by atoms with Crippen molar-refractivity contribution in [3.63, 3.8) is 0 Å². The lowest BCUT2D eigenvalue weighted by Gasteiger charge is -2.18. The molecule has 106 valence electrons. The van der Waals surface area contributed by atoms with Crippen molar-refractivity contribution in [3.05, 3.63) is 47.0 Å². The van der Waals surface area contributed by atoms with Gasteiger partial charge in [-0.25, -0.2) is 4.98 Å². The van der Waals surface area contributed by atoms with Gasteiger partial charge >= 0.3 is 0 Å². The molecule has 2 heterocycles. The molecule has 1 unspecified atom stereocenters. The fraction of sp³-hybridized carbons (Fsp3) is 0.400. The second-order valence-corrected chi connectivity index (χ2v) is 5.90. The highest BCUT2D eigenvalue weighted by Crippen LogP contribution is 2.33. The summed E-state index contributed by atoms with van der Waals surface area (Å²) in [7, 11) is 0. The van der Waals surface area contributed by atoms with Gasteiger partial charge in [0.15, 0.2) is 0 Å². The minimum Gasteiger partial charge on any atom is -0.493 e. The van der Waals surface area contributed by atoms with Crippen LogP contribution in [0.25, 0.3) is 0 Å². The summed E-state index contributed by atoms with van der Waals surface area (Å²) in [4.78, 5) is 4.06. The lowest BCUT2D eigenvalue weighted by molar-refractivity contribution is 0.315. The molecule has 0 fully saturated rings. The summed E-state index contributed by atoms with van der Waals surface area (Å²) >= 11 is 3.50. The molecule has 2 aromatic rings. The number of imidazole rings is 1. The molecule has 3 rings (SSSR count). The third-order valence-corrected chi connectivity index (χ3v) is 4.06. The lowest BCUT2D eigenvalue weighted by atomic mass is 10.0. The molecule has 1 N–H and O–H groups in total. The number of benzene rings is 1. The largest absolute Gasteiger partial charge is 0.493 e. The quantitative estimate of drug-likeness (QED) is 0.932. The number of nitrogens with one attached hydrogen (secondary N) is 1. The van der Waals surface area contributed by atoms with Crippen molar-refractivity contribution >= 4 is 15.9 Å². The third kappa shape index (κ3) is 3.22. The number of ether oxygens (including phenoxy) is 1. The van der Waals surface area contributed by atoms with Crippen LogP contribution in [0.1, 0.15) is 24.4 Å². The SMILES string of the molecule is Brc1ccc2c(c1)OCCCC2NCCn1ccnc1. The maximum atomic E-state index is 5.83. The van der Waals surface area contributed by atoms with E-state index in [4.69, 9.17) is 4.74 Å². The smallest absolute Gasteiger partial charge is 0.125 e. The van der Waals surface area contributed by atoms with Gasteiger partial charge in [0.05, 0.1) is 12.9 Å². The Labute approximate surface area is 127 Å². The minimum atomic E-state index is 0.365. The summed E-state index contributed by atoms with van der Waals surface area (Å²) < 4.78 is 8.98. The molecule has 1 aromatic heterocycles. The molecule has 1 aliphatic heterocycles. The first-order valence-corrected chi connectivity index (χ1v) is 7.73. The summed E-state index contributed by atoms with van der Waals surface area (Å²) in [5, 5.41) is 3.63. The van der Waals surface area contributed by atoms with Crippen LogP contribution in [0.2, 0.25) is 0 Å². The summed E-state index contributed by atoms with van der Waals surface area (Å²) in [5.74, 6) is 0.997. The van der Waals surface area contributed by atoms with E-state index in [1.54, 1.807) is 0 Å². The van der Waals surface area contributed by atoms with Crippen LogP contribution < -0.4 is 10.1 Å². The Morgan fingerprint density at radius 3 is 3.25 bits per heavy atom. The summed E-state index contributed by atoms with van der Waals surface area (Å²) in [6, 6.07) is 6.66. The van der Waals surface area contributed by atoms with Crippen LogP contribution in [0.5, 0.6) is 5.75 Å². The fourth-order valence-electron chi connectivity index (χ4n) is 2.55. The van der Waals surface area contributed by atoms with Gasteiger partial charge in [0.25, 0.3) is 0 Å². The molecule has 0 saturated heterocycles. The predicted octanol–water partition coefficient (Wildman–Crippen LogP) is 3.15. The molecular weight excluding hydrogens is 318 g/mol. The number of hydrogen-bond donors (Lipinski definition) is 1. The average molecular weight is 336 g/mol. The van der Waals surface area contributed by atoms with Crippen LogP contribution in [-0.2, 0) is 6.54 Å². The normalized spacial score (nSPS) is 18.1. The third-order valence-electron chi connectivity index (χ3n) is 3.57. The van der Waals surface area contributed by atoms with E-state index in [-0.39, 0.29) is 0 Å². The van der Waals surface area contributed by atoms with E-state index in [1.165, 1.54) is 5.56 Å². The highest BCUT2D eigenvalue weighted by atomic mass is 79.9. The lowest BCUT2D eigenvalue weighted by Crippen LogP contribution is -2.24. The number of aromatic nitrogens is 2. The van der Waals surface area contributed by atoms with Crippen molar-refractivity contribution in [2.24, 2.45) is 0 Å². The minimum absolute atomic E-state index is 0.365. The van der Waals surface area contributed by atoms with Crippen molar-refractivity contribution in [2.45, 2.75) is 25.4 Å². The Morgan fingerprint density at radius 2 is 2.40 bits per heavy atom. The van der Waals surface area contributed by atoms with Crippen molar-refractivity contribution in [1.82, 2.24) is 14.9 Å². The van der Waals surface area contributed by atoms with Gasteiger partial charge in [-0.3, -0.25) is 0 Å². The Bertz CT molecular complexity index is 556. The van der Waals surface area contributed by atoms with Crippen molar-refractivity contribution in [1.29, 1.82) is 0 Å². The maximum Gasteiger partial charge on any atom is 0.125 e. The molecule has 0 saturated carbocycles. The molecule has 4 nitrogen and oxygen atoms in total. The molecule has 0 aliphatic carbocycles. The summed E-state index contributed by atoms with van der Waals surface area (Å²) in [6.07, 6.45) is 7.84. The predicted molar refractivity (Wildman–Crippen MR) is 81.8 cm³/mol. The number of hydrogen-bond acceptors (Lipinski definition) is 3. The van der Waals surface area contributed by atoms with Gasteiger partial charge in [-0.05, 0) is 25.0 Å². The first-order chi connectivity index (χ1) is 9.83. The van der Waals surface area contributed by atoms with E-state index >= 15 is 0 Å².